The molecule has 5 rings (SSSR count). The van der Waals surface area contributed by atoms with Gasteiger partial charge in [0.15, 0.2) is 5.76 Å². The van der Waals surface area contributed by atoms with E-state index in [-0.39, 0.29) is 17.9 Å². The third kappa shape index (κ3) is 4.76. The number of aliphatic hydroxyl groups is 1. The van der Waals surface area contributed by atoms with Crippen molar-refractivity contribution in [3.63, 3.8) is 0 Å². The Hall–Kier alpha value is -2.48. The SMILES string of the molecule is CC1(O)CCN(Cc2cc(-c3ccccc3)no2)C(c2cccs2)C1NC(=O)C1CCCC1. The van der Waals surface area contributed by atoms with Gasteiger partial charge in [0.2, 0.25) is 5.91 Å². The first-order valence-corrected chi connectivity index (χ1v) is 12.7. The average molecular weight is 466 g/mol. The first-order valence-electron chi connectivity index (χ1n) is 11.8. The number of piperidine rings is 1. The monoisotopic (exact) mass is 465 g/mol. The van der Waals surface area contributed by atoms with E-state index in [1.165, 1.54) is 0 Å². The Morgan fingerprint density at radius 3 is 2.76 bits per heavy atom. The molecule has 0 bridgehead atoms. The Labute approximate surface area is 198 Å². The van der Waals surface area contributed by atoms with Crippen molar-refractivity contribution in [3.8, 4) is 11.3 Å². The van der Waals surface area contributed by atoms with Crippen LogP contribution >= 0.6 is 11.3 Å². The molecule has 1 saturated heterocycles. The first kappa shape index (κ1) is 22.3. The zero-order valence-corrected chi connectivity index (χ0v) is 19.8. The summed E-state index contributed by atoms with van der Waals surface area (Å²) in [5.41, 5.74) is 0.842. The summed E-state index contributed by atoms with van der Waals surface area (Å²) in [7, 11) is 0. The first-order chi connectivity index (χ1) is 16.0. The molecule has 174 valence electrons. The van der Waals surface area contributed by atoms with E-state index in [0.717, 1.165) is 47.6 Å². The van der Waals surface area contributed by atoms with Gasteiger partial charge < -0.3 is 14.9 Å². The lowest BCUT2D eigenvalue weighted by Crippen LogP contribution is -2.62. The second-order valence-electron chi connectivity index (χ2n) is 9.55. The van der Waals surface area contributed by atoms with Crippen molar-refractivity contribution in [1.29, 1.82) is 0 Å². The van der Waals surface area contributed by atoms with Gasteiger partial charge in [0.05, 0.1) is 24.2 Å². The topological polar surface area (TPSA) is 78.6 Å². The van der Waals surface area contributed by atoms with Crippen LogP contribution in [0.25, 0.3) is 11.3 Å². The van der Waals surface area contributed by atoms with Crippen molar-refractivity contribution in [2.45, 2.75) is 63.3 Å². The molecule has 2 fully saturated rings. The zero-order chi connectivity index (χ0) is 22.8. The summed E-state index contributed by atoms with van der Waals surface area (Å²) in [6, 6.07) is 15.6. The Balaban J connectivity index is 1.40. The Morgan fingerprint density at radius 2 is 2.03 bits per heavy atom. The van der Waals surface area contributed by atoms with Crippen LogP contribution < -0.4 is 5.32 Å². The van der Waals surface area contributed by atoms with Gasteiger partial charge in [-0.3, -0.25) is 9.69 Å². The van der Waals surface area contributed by atoms with E-state index >= 15 is 0 Å². The largest absolute Gasteiger partial charge is 0.388 e. The van der Waals surface area contributed by atoms with Gasteiger partial charge in [-0.1, -0.05) is 54.4 Å². The minimum Gasteiger partial charge on any atom is -0.388 e. The lowest BCUT2D eigenvalue weighted by Gasteiger charge is -2.48. The van der Waals surface area contributed by atoms with E-state index < -0.39 is 11.6 Å². The number of likely N-dealkylation sites (tertiary alicyclic amines) is 1. The van der Waals surface area contributed by atoms with E-state index in [4.69, 9.17) is 4.52 Å². The number of benzene rings is 1. The molecular formula is C26H31N3O3S. The molecule has 3 unspecified atom stereocenters. The summed E-state index contributed by atoms with van der Waals surface area (Å²) in [5, 5.41) is 20.9. The number of carbonyl (C=O) groups excluding carboxylic acids is 1. The van der Waals surface area contributed by atoms with Crippen LogP contribution in [0.4, 0.5) is 0 Å². The number of aromatic nitrogens is 1. The molecule has 2 aromatic heterocycles. The number of hydrogen-bond donors (Lipinski definition) is 2. The maximum atomic E-state index is 13.1. The van der Waals surface area contributed by atoms with Crippen LogP contribution in [-0.2, 0) is 11.3 Å². The summed E-state index contributed by atoms with van der Waals surface area (Å²) in [6.07, 6.45) is 4.66. The lowest BCUT2D eigenvalue weighted by molar-refractivity contribution is -0.132. The number of rotatable bonds is 6. The molecule has 3 heterocycles. The summed E-state index contributed by atoms with van der Waals surface area (Å²) in [5.74, 6) is 0.910. The van der Waals surface area contributed by atoms with Gasteiger partial charge in [-0.15, -0.1) is 11.3 Å². The molecular weight excluding hydrogens is 434 g/mol. The number of amides is 1. The van der Waals surface area contributed by atoms with Crippen molar-refractivity contribution in [2.75, 3.05) is 6.54 Å². The fraction of sp³-hybridized carbons (Fsp3) is 0.462. The van der Waals surface area contributed by atoms with Crippen LogP contribution in [0.2, 0.25) is 0 Å². The van der Waals surface area contributed by atoms with Gasteiger partial charge in [-0.25, -0.2) is 0 Å². The Morgan fingerprint density at radius 1 is 1.24 bits per heavy atom. The van der Waals surface area contributed by atoms with Crippen molar-refractivity contribution < 1.29 is 14.4 Å². The summed E-state index contributed by atoms with van der Waals surface area (Å²) >= 11 is 1.66. The van der Waals surface area contributed by atoms with E-state index in [1.54, 1.807) is 11.3 Å². The van der Waals surface area contributed by atoms with E-state index in [0.29, 0.717) is 19.5 Å². The van der Waals surface area contributed by atoms with Crippen LogP contribution in [0.1, 0.15) is 55.7 Å². The highest BCUT2D eigenvalue weighted by Crippen LogP contribution is 2.40. The number of hydrogen-bond acceptors (Lipinski definition) is 6. The van der Waals surface area contributed by atoms with Crippen molar-refractivity contribution in [2.24, 2.45) is 5.92 Å². The second kappa shape index (κ2) is 9.41. The van der Waals surface area contributed by atoms with Gasteiger partial charge >= 0.3 is 0 Å². The quantitative estimate of drug-likeness (QED) is 0.548. The van der Waals surface area contributed by atoms with Gasteiger partial charge in [0.25, 0.3) is 0 Å². The number of carbonyl (C=O) groups is 1. The zero-order valence-electron chi connectivity index (χ0n) is 18.9. The maximum absolute atomic E-state index is 13.1. The van der Waals surface area contributed by atoms with Crippen LogP contribution in [0.5, 0.6) is 0 Å². The van der Waals surface area contributed by atoms with Gasteiger partial charge in [-0.05, 0) is 37.6 Å². The number of nitrogens with one attached hydrogen (secondary N) is 1. The molecule has 3 aromatic rings. The molecule has 6 nitrogen and oxygen atoms in total. The molecule has 1 aliphatic carbocycles. The molecule has 1 saturated carbocycles. The Bertz CT molecular complexity index is 1060. The van der Waals surface area contributed by atoms with Crippen molar-refractivity contribution in [3.05, 3.63) is 64.5 Å². The lowest BCUT2D eigenvalue weighted by atomic mass is 9.81. The molecule has 33 heavy (non-hydrogen) atoms. The van der Waals surface area contributed by atoms with Gasteiger partial charge in [0, 0.05) is 29.0 Å². The molecule has 0 spiro atoms. The smallest absolute Gasteiger partial charge is 0.223 e. The number of nitrogens with zero attached hydrogens (tertiary/aromatic N) is 2. The van der Waals surface area contributed by atoms with Crippen LogP contribution in [-0.4, -0.2) is 39.3 Å². The van der Waals surface area contributed by atoms with Crippen LogP contribution in [0.3, 0.4) is 0 Å². The standard InChI is InChI=1S/C26H31N3O3S/c1-26(31)13-14-29(17-20-16-21(28-32-20)18-8-3-2-4-9-18)23(22-12-7-15-33-22)24(26)27-25(30)19-10-5-6-11-19/h2-4,7-9,12,15-16,19,23-24,31H,5-6,10-11,13-14,17H2,1H3,(H,27,30). The van der Waals surface area contributed by atoms with E-state index in [1.807, 2.05) is 49.4 Å². The van der Waals surface area contributed by atoms with Gasteiger partial charge in [0.1, 0.15) is 5.69 Å². The predicted octanol–water partition coefficient (Wildman–Crippen LogP) is 4.78. The fourth-order valence-electron chi connectivity index (χ4n) is 5.22. The summed E-state index contributed by atoms with van der Waals surface area (Å²) in [4.78, 5) is 16.5. The molecule has 0 radical (unpaired) electrons. The molecule has 1 aliphatic heterocycles. The fourth-order valence-corrected chi connectivity index (χ4v) is 6.12. The van der Waals surface area contributed by atoms with Crippen molar-refractivity contribution in [1.82, 2.24) is 15.4 Å². The molecule has 7 heteroatoms. The summed E-state index contributed by atoms with van der Waals surface area (Å²) < 4.78 is 5.70. The van der Waals surface area contributed by atoms with Crippen LogP contribution in [0.15, 0.2) is 58.4 Å². The highest BCUT2D eigenvalue weighted by Gasteiger charge is 2.47. The second-order valence-corrected chi connectivity index (χ2v) is 10.5. The van der Waals surface area contributed by atoms with E-state index in [9.17, 15) is 9.90 Å². The molecule has 3 atom stereocenters. The average Bonchev–Trinajstić information content (AvgIpc) is 3.60. The predicted molar refractivity (Wildman–Crippen MR) is 129 cm³/mol. The van der Waals surface area contributed by atoms with Crippen molar-refractivity contribution >= 4 is 17.2 Å². The normalized spacial score (nSPS) is 26.5. The highest BCUT2D eigenvalue weighted by atomic mass is 32.1. The molecule has 2 N–H and O–H groups in total. The molecule has 1 amide bonds. The molecule has 2 aliphatic rings. The minimum absolute atomic E-state index is 0.0582. The van der Waals surface area contributed by atoms with Gasteiger partial charge in [-0.2, -0.15) is 0 Å². The molecule has 1 aromatic carbocycles. The third-order valence-electron chi connectivity index (χ3n) is 7.13. The Kier molecular flexibility index (Phi) is 6.36. The van der Waals surface area contributed by atoms with E-state index in [2.05, 4.69) is 26.8 Å². The number of thiophene rings is 1. The highest BCUT2D eigenvalue weighted by molar-refractivity contribution is 7.10. The minimum atomic E-state index is -0.990. The third-order valence-corrected chi connectivity index (χ3v) is 8.07. The van der Waals surface area contributed by atoms with Crippen LogP contribution in [0, 0.1) is 5.92 Å². The summed E-state index contributed by atoms with van der Waals surface area (Å²) in [6.45, 7) is 3.12. The maximum Gasteiger partial charge on any atom is 0.223 e.